The SMILES string of the molecule is CCCC[C@H](CN(O)C=O)C(=O)N1CCC[C@H]1c1nc2cc(F)ccc2[nH]1. The number of hydrogen-bond donors (Lipinski definition) is 2. The van der Waals surface area contributed by atoms with Crippen LogP contribution >= 0.6 is 0 Å². The second kappa shape index (κ2) is 8.47. The first kappa shape index (κ1) is 19.3. The molecule has 0 aliphatic carbocycles. The van der Waals surface area contributed by atoms with Gasteiger partial charge in [-0.15, -0.1) is 0 Å². The molecule has 1 aromatic heterocycles. The van der Waals surface area contributed by atoms with Crippen molar-refractivity contribution < 1.29 is 19.2 Å². The van der Waals surface area contributed by atoms with Crippen molar-refractivity contribution >= 4 is 23.4 Å². The van der Waals surface area contributed by atoms with Gasteiger partial charge >= 0.3 is 0 Å². The molecule has 146 valence electrons. The molecule has 0 bridgehead atoms. The van der Waals surface area contributed by atoms with E-state index in [2.05, 4.69) is 9.97 Å². The van der Waals surface area contributed by atoms with Gasteiger partial charge in [-0.05, 0) is 31.4 Å². The molecule has 2 atom stereocenters. The number of amides is 2. The molecule has 27 heavy (non-hydrogen) atoms. The molecular formula is C19H25FN4O3. The molecule has 0 spiro atoms. The van der Waals surface area contributed by atoms with Crippen molar-refractivity contribution in [3.05, 3.63) is 29.8 Å². The van der Waals surface area contributed by atoms with E-state index in [9.17, 15) is 19.2 Å². The molecule has 2 amide bonds. The van der Waals surface area contributed by atoms with Crippen LogP contribution in [0.4, 0.5) is 4.39 Å². The van der Waals surface area contributed by atoms with Gasteiger partial charge in [0.1, 0.15) is 11.6 Å². The number of nitrogens with one attached hydrogen (secondary N) is 1. The van der Waals surface area contributed by atoms with E-state index >= 15 is 0 Å². The lowest BCUT2D eigenvalue weighted by Gasteiger charge is -2.29. The van der Waals surface area contributed by atoms with E-state index < -0.39 is 5.92 Å². The van der Waals surface area contributed by atoms with E-state index in [1.807, 2.05) is 6.92 Å². The van der Waals surface area contributed by atoms with Gasteiger partial charge in [0, 0.05) is 12.6 Å². The summed E-state index contributed by atoms with van der Waals surface area (Å²) in [5.74, 6) is -0.246. The monoisotopic (exact) mass is 376 g/mol. The number of rotatable bonds is 8. The van der Waals surface area contributed by atoms with Crippen LogP contribution in [0, 0.1) is 11.7 Å². The minimum Gasteiger partial charge on any atom is -0.340 e. The quantitative estimate of drug-likeness (QED) is 0.421. The third-order valence-corrected chi connectivity index (χ3v) is 5.10. The highest BCUT2D eigenvalue weighted by Crippen LogP contribution is 2.33. The number of carbonyl (C=O) groups is 2. The van der Waals surface area contributed by atoms with Crippen LogP contribution in [-0.2, 0) is 9.59 Å². The number of carbonyl (C=O) groups excluding carboxylic acids is 2. The molecule has 2 N–H and O–H groups in total. The zero-order chi connectivity index (χ0) is 19.4. The highest BCUT2D eigenvalue weighted by Gasteiger charge is 2.36. The maximum Gasteiger partial charge on any atom is 0.233 e. The lowest BCUT2D eigenvalue weighted by atomic mass is 9.99. The molecule has 0 unspecified atom stereocenters. The number of fused-ring (bicyclic) bond motifs is 1. The molecule has 0 radical (unpaired) electrons. The normalized spacial score (nSPS) is 18.0. The summed E-state index contributed by atoms with van der Waals surface area (Å²) in [6, 6.07) is 4.17. The van der Waals surface area contributed by atoms with Gasteiger partial charge < -0.3 is 9.88 Å². The first-order valence-electron chi connectivity index (χ1n) is 9.40. The number of hydroxylamine groups is 2. The molecule has 7 nitrogen and oxygen atoms in total. The van der Waals surface area contributed by atoms with Crippen LogP contribution in [-0.4, -0.2) is 50.5 Å². The standard InChI is InChI=1S/C19H25FN4O3/c1-2-3-5-13(11-23(27)12-25)19(26)24-9-4-6-17(24)18-21-15-8-7-14(20)10-16(15)22-18/h7-8,10,12-13,17,27H,2-6,9,11H2,1H3,(H,21,22)/t13-,17+/m1/s1. The summed E-state index contributed by atoms with van der Waals surface area (Å²) in [6.45, 7) is 2.62. The van der Waals surface area contributed by atoms with E-state index in [-0.39, 0.29) is 24.3 Å². The summed E-state index contributed by atoms with van der Waals surface area (Å²) in [5, 5.41) is 10.1. The van der Waals surface area contributed by atoms with Crippen LogP contribution in [0.25, 0.3) is 11.0 Å². The maximum absolute atomic E-state index is 13.4. The van der Waals surface area contributed by atoms with E-state index in [1.54, 1.807) is 11.0 Å². The van der Waals surface area contributed by atoms with Gasteiger partial charge in [-0.3, -0.25) is 14.8 Å². The predicted octanol–water partition coefficient (Wildman–Crippen LogP) is 3.02. The van der Waals surface area contributed by atoms with Gasteiger partial charge in [-0.25, -0.2) is 14.4 Å². The van der Waals surface area contributed by atoms with Crippen LogP contribution in [0.3, 0.4) is 0 Å². The number of aromatic nitrogens is 2. The predicted molar refractivity (Wildman–Crippen MR) is 97.3 cm³/mol. The second-order valence-electron chi connectivity index (χ2n) is 7.04. The Labute approximate surface area is 157 Å². The highest BCUT2D eigenvalue weighted by molar-refractivity contribution is 5.80. The average molecular weight is 376 g/mol. The minimum absolute atomic E-state index is 0.0170. The largest absolute Gasteiger partial charge is 0.340 e. The van der Waals surface area contributed by atoms with Gasteiger partial charge in [0.15, 0.2) is 0 Å². The molecule has 1 saturated heterocycles. The van der Waals surface area contributed by atoms with Crippen LogP contribution in [0.15, 0.2) is 18.2 Å². The molecule has 1 aliphatic rings. The molecule has 8 heteroatoms. The zero-order valence-electron chi connectivity index (χ0n) is 15.4. The van der Waals surface area contributed by atoms with Crippen LogP contribution in [0.1, 0.15) is 50.9 Å². The van der Waals surface area contributed by atoms with E-state index in [0.717, 1.165) is 31.2 Å². The number of halogens is 1. The molecule has 3 rings (SSSR count). The second-order valence-corrected chi connectivity index (χ2v) is 7.04. The topological polar surface area (TPSA) is 89.5 Å². The Morgan fingerprint density at radius 2 is 2.37 bits per heavy atom. The molecule has 0 saturated carbocycles. The summed E-state index contributed by atoms with van der Waals surface area (Å²) in [5.41, 5.74) is 1.27. The van der Waals surface area contributed by atoms with Crippen LogP contribution < -0.4 is 0 Å². The maximum atomic E-state index is 13.4. The van der Waals surface area contributed by atoms with Gasteiger partial charge in [0.05, 0.1) is 29.5 Å². The van der Waals surface area contributed by atoms with Crippen molar-refractivity contribution in [2.24, 2.45) is 5.92 Å². The van der Waals surface area contributed by atoms with Gasteiger partial charge in [-0.2, -0.15) is 0 Å². The fourth-order valence-electron chi connectivity index (χ4n) is 3.72. The molecule has 1 aromatic carbocycles. The van der Waals surface area contributed by atoms with E-state index in [1.165, 1.54) is 12.1 Å². The molecule has 2 heterocycles. The lowest BCUT2D eigenvalue weighted by molar-refractivity contribution is -0.157. The molecular weight excluding hydrogens is 351 g/mol. The number of hydrogen-bond acceptors (Lipinski definition) is 4. The van der Waals surface area contributed by atoms with Crippen molar-refractivity contribution in [3.8, 4) is 0 Å². The Kier molecular flexibility index (Phi) is 6.05. The number of H-pyrrole nitrogens is 1. The first-order valence-corrected chi connectivity index (χ1v) is 9.40. The summed E-state index contributed by atoms with van der Waals surface area (Å²) in [7, 11) is 0. The number of aromatic amines is 1. The number of nitrogens with zero attached hydrogens (tertiary/aromatic N) is 3. The van der Waals surface area contributed by atoms with Crippen molar-refractivity contribution in [2.75, 3.05) is 13.1 Å². The van der Waals surface area contributed by atoms with Crippen molar-refractivity contribution in [1.82, 2.24) is 19.9 Å². The summed E-state index contributed by atoms with van der Waals surface area (Å²) >= 11 is 0. The summed E-state index contributed by atoms with van der Waals surface area (Å²) < 4.78 is 13.4. The highest BCUT2D eigenvalue weighted by atomic mass is 19.1. The fraction of sp³-hybridized carbons (Fsp3) is 0.526. The van der Waals surface area contributed by atoms with Crippen LogP contribution in [0.2, 0.25) is 0 Å². The fourth-order valence-corrected chi connectivity index (χ4v) is 3.72. The van der Waals surface area contributed by atoms with Crippen LogP contribution in [0.5, 0.6) is 0 Å². The van der Waals surface area contributed by atoms with Crippen molar-refractivity contribution in [1.29, 1.82) is 0 Å². The van der Waals surface area contributed by atoms with Crippen molar-refractivity contribution in [2.45, 2.75) is 45.1 Å². The molecule has 1 fully saturated rings. The lowest BCUT2D eigenvalue weighted by Crippen LogP contribution is -2.40. The summed E-state index contributed by atoms with van der Waals surface area (Å²) in [4.78, 5) is 33.4. The van der Waals surface area contributed by atoms with E-state index in [0.29, 0.717) is 35.8 Å². The molecule has 2 aromatic rings. The Balaban J connectivity index is 1.81. The zero-order valence-corrected chi connectivity index (χ0v) is 15.4. The number of unbranched alkanes of at least 4 members (excludes halogenated alkanes) is 1. The third-order valence-electron chi connectivity index (χ3n) is 5.10. The first-order chi connectivity index (χ1) is 13.0. The smallest absolute Gasteiger partial charge is 0.233 e. The van der Waals surface area contributed by atoms with Gasteiger partial charge in [0.25, 0.3) is 0 Å². The van der Waals surface area contributed by atoms with E-state index in [4.69, 9.17) is 0 Å². The van der Waals surface area contributed by atoms with Crippen molar-refractivity contribution in [3.63, 3.8) is 0 Å². The minimum atomic E-state index is -0.456. The Bertz CT molecular complexity index is 809. The van der Waals surface area contributed by atoms with Gasteiger partial charge in [-0.1, -0.05) is 19.8 Å². The third kappa shape index (κ3) is 4.27. The number of likely N-dealkylation sites (tertiary alicyclic amines) is 1. The Hall–Kier alpha value is -2.48. The Morgan fingerprint density at radius 3 is 3.11 bits per heavy atom. The van der Waals surface area contributed by atoms with Gasteiger partial charge in [0.2, 0.25) is 12.3 Å². The Morgan fingerprint density at radius 1 is 1.56 bits per heavy atom. The molecule has 1 aliphatic heterocycles. The number of benzene rings is 1. The number of imidazole rings is 1. The average Bonchev–Trinajstić information content (AvgIpc) is 3.30. The summed E-state index contributed by atoms with van der Waals surface area (Å²) in [6.07, 6.45) is 4.31.